The number of rotatable bonds is 6. The molecule has 1 amide bonds. The molecule has 0 aliphatic carbocycles. The number of aromatic nitrogens is 3. The number of halogens is 2. The van der Waals surface area contributed by atoms with E-state index in [1.54, 1.807) is 13.3 Å². The van der Waals surface area contributed by atoms with Gasteiger partial charge in [0.15, 0.2) is 5.82 Å². The van der Waals surface area contributed by atoms with Gasteiger partial charge in [0.2, 0.25) is 0 Å². The Morgan fingerprint density at radius 2 is 2.24 bits per heavy atom. The lowest BCUT2D eigenvalue weighted by Gasteiger charge is -2.34. The van der Waals surface area contributed by atoms with Crippen molar-refractivity contribution in [2.45, 2.75) is 6.10 Å². The van der Waals surface area contributed by atoms with Crippen LogP contribution in [0.25, 0.3) is 11.4 Å². The number of amides is 1. The van der Waals surface area contributed by atoms with Gasteiger partial charge >= 0.3 is 6.01 Å². The number of nitrogens with one attached hydrogen (secondary N) is 1. The molecule has 176 valence electrons. The topological polar surface area (TPSA) is 132 Å². The van der Waals surface area contributed by atoms with Crippen LogP contribution in [0, 0.1) is 5.82 Å². The summed E-state index contributed by atoms with van der Waals surface area (Å²) in [7, 11) is 1.64. The van der Waals surface area contributed by atoms with Gasteiger partial charge in [-0.3, -0.25) is 15.1 Å². The van der Waals surface area contributed by atoms with Crippen LogP contribution in [-0.2, 0) is 4.74 Å². The lowest BCUT2D eigenvalue weighted by molar-refractivity contribution is 0.0676. The summed E-state index contributed by atoms with van der Waals surface area (Å²) in [6.07, 6.45) is 5.41. The Morgan fingerprint density at radius 1 is 1.38 bits per heavy atom. The minimum atomic E-state index is -0.615. The van der Waals surface area contributed by atoms with Gasteiger partial charge in [-0.1, -0.05) is 11.6 Å². The predicted molar refractivity (Wildman–Crippen MR) is 126 cm³/mol. The Kier molecular flexibility index (Phi) is 7.14. The molecule has 0 radical (unpaired) electrons. The van der Waals surface area contributed by atoms with Crippen LogP contribution in [0.5, 0.6) is 0 Å². The van der Waals surface area contributed by atoms with Crippen molar-refractivity contribution in [3.63, 3.8) is 0 Å². The number of hydrogen-bond donors (Lipinski definition) is 2. The van der Waals surface area contributed by atoms with E-state index >= 15 is 0 Å². The highest BCUT2D eigenvalue weighted by Crippen LogP contribution is 2.27. The number of ether oxygens (including phenoxy) is 1. The molecular formula is C22H21ClFN7O3. The average molecular weight is 486 g/mol. The molecule has 3 aromatic rings. The number of anilines is 2. The molecule has 3 N–H and O–H groups in total. The molecule has 12 heteroatoms. The van der Waals surface area contributed by atoms with Gasteiger partial charge in [0.25, 0.3) is 5.91 Å². The number of aliphatic imine (C=N–C) groups is 1. The highest BCUT2D eigenvalue weighted by molar-refractivity contribution is 6.30. The molecule has 1 aromatic carbocycles. The Balaban J connectivity index is 1.73. The summed E-state index contributed by atoms with van der Waals surface area (Å²) in [6, 6.07) is 5.66. The molecule has 2 aromatic heterocycles. The van der Waals surface area contributed by atoms with E-state index in [0.29, 0.717) is 31.1 Å². The van der Waals surface area contributed by atoms with Crippen LogP contribution < -0.4 is 16.0 Å². The zero-order chi connectivity index (χ0) is 24.1. The van der Waals surface area contributed by atoms with E-state index in [1.807, 2.05) is 4.90 Å². The van der Waals surface area contributed by atoms with Crippen LogP contribution in [0.2, 0.25) is 5.02 Å². The highest BCUT2D eigenvalue weighted by Gasteiger charge is 2.26. The van der Waals surface area contributed by atoms with E-state index in [0.717, 1.165) is 6.07 Å². The predicted octanol–water partition coefficient (Wildman–Crippen LogP) is 2.92. The quantitative estimate of drug-likeness (QED) is 0.509. The van der Waals surface area contributed by atoms with Crippen LogP contribution in [0.1, 0.15) is 10.5 Å². The smallest absolute Gasteiger partial charge is 0.301 e. The highest BCUT2D eigenvalue weighted by atomic mass is 35.5. The molecule has 4 rings (SSSR count). The van der Waals surface area contributed by atoms with Gasteiger partial charge in [0, 0.05) is 49.2 Å². The fourth-order valence-electron chi connectivity index (χ4n) is 3.39. The first-order valence-corrected chi connectivity index (χ1v) is 10.6. The zero-order valence-electron chi connectivity index (χ0n) is 18.1. The second-order valence-electron chi connectivity index (χ2n) is 7.21. The van der Waals surface area contributed by atoms with E-state index in [9.17, 15) is 9.18 Å². The van der Waals surface area contributed by atoms with Gasteiger partial charge in [-0.2, -0.15) is 0 Å². The lowest BCUT2D eigenvalue weighted by Crippen LogP contribution is -2.44. The first kappa shape index (κ1) is 23.3. The van der Waals surface area contributed by atoms with Crippen molar-refractivity contribution in [3.8, 4) is 11.4 Å². The molecule has 1 fully saturated rings. The second-order valence-corrected chi connectivity index (χ2v) is 7.65. The lowest BCUT2D eigenvalue weighted by atomic mass is 10.1. The van der Waals surface area contributed by atoms with Crippen LogP contribution >= 0.6 is 11.6 Å². The number of carbonyl (C=O) groups is 1. The van der Waals surface area contributed by atoms with Gasteiger partial charge < -0.3 is 19.8 Å². The number of hydrogen-bond acceptors (Lipinski definition) is 9. The third-order valence-electron chi connectivity index (χ3n) is 5.00. The second kappa shape index (κ2) is 10.4. The average Bonchev–Trinajstić information content (AvgIpc) is 3.35. The van der Waals surface area contributed by atoms with Crippen molar-refractivity contribution in [1.82, 2.24) is 15.0 Å². The Labute approximate surface area is 199 Å². The van der Waals surface area contributed by atoms with E-state index in [1.165, 1.54) is 36.9 Å². The Bertz CT molecular complexity index is 1230. The number of morpholine rings is 1. The van der Waals surface area contributed by atoms with E-state index in [4.69, 9.17) is 26.5 Å². The largest absolute Gasteiger partial charge is 0.432 e. The molecule has 1 aliphatic heterocycles. The summed E-state index contributed by atoms with van der Waals surface area (Å²) < 4.78 is 25.6. The number of nitrogens with two attached hydrogens (primary N) is 1. The summed E-state index contributed by atoms with van der Waals surface area (Å²) in [6.45, 7) is 1.25. The van der Waals surface area contributed by atoms with Crippen LogP contribution in [-0.4, -0.2) is 59.9 Å². The van der Waals surface area contributed by atoms with Crippen molar-refractivity contribution in [2.75, 3.05) is 37.0 Å². The summed E-state index contributed by atoms with van der Waals surface area (Å²) >= 11 is 5.89. The molecule has 1 atom stereocenters. The van der Waals surface area contributed by atoms with E-state index in [-0.39, 0.29) is 34.2 Å². The molecule has 1 unspecified atom stereocenters. The number of nitrogens with zero attached hydrogens (tertiary/aromatic N) is 5. The molecule has 10 nitrogen and oxygen atoms in total. The van der Waals surface area contributed by atoms with Gasteiger partial charge in [0.1, 0.15) is 29.7 Å². The summed E-state index contributed by atoms with van der Waals surface area (Å²) in [4.78, 5) is 31.5. The zero-order valence-corrected chi connectivity index (χ0v) is 18.9. The van der Waals surface area contributed by atoms with Gasteiger partial charge in [-0.25, -0.2) is 19.3 Å². The molecule has 1 aliphatic rings. The molecule has 1 saturated heterocycles. The SMILES string of the molecule is CN=C/C(=C\N)C1CN(c2cc(C(=O)Nc3ncco3)nc(-c3ccc(Cl)cc3F)n2)CCO1. The van der Waals surface area contributed by atoms with Crippen molar-refractivity contribution in [3.05, 3.63) is 65.0 Å². The maximum atomic E-state index is 14.7. The first-order chi connectivity index (χ1) is 16.5. The fourth-order valence-corrected chi connectivity index (χ4v) is 3.55. The Morgan fingerprint density at radius 3 is 2.94 bits per heavy atom. The molecule has 0 saturated carbocycles. The van der Waals surface area contributed by atoms with Crippen LogP contribution in [0.3, 0.4) is 0 Å². The van der Waals surface area contributed by atoms with E-state index < -0.39 is 11.7 Å². The van der Waals surface area contributed by atoms with Gasteiger partial charge in [0.05, 0.1) is 18.4 Å². The van der Waals surface area contributed by atoms with Crippen LogP contribution in [0.4, 0.5) is 16.2 Å². The van der Waals surface area contributed by atoms with E-state index in [2.05, 4.69) is 25.3 Å². The summed E-state index contributed by atoms with van der Waals surface area (Å²) in [5.41, 5.74) is 6.53. The third-order valence-corrected chi connectivity index (χ3v) is 5.24. The summed E-state index contributed by atoms with van der Waals surface area (Å²) in [5, 5.41) is 2.75. The maximum absolute atomic E-state index is 14.7. The number of carbonyl (C=O) groups excluding carboxylic acids is 1. The van der Waals surface area contributed by atoms with Crippen molar-refractivity contribution < 1.29 is 18.3 Å². The fraction of sp³-hybridized carbons (Fsp3) is 0.227. The first-order valence-electron chi connectivity index (χ1n) is 10.2. The number of benzene rings is 1. The summed E-state index contributed by atoms with van der Waals surface area (Å²) in [5.74, 6) is -0.768. The molecule has 3 heterocycles. The maximum Gasteiger partial charge on any atom is 0.301 e. The van der Waals surface area contributed by atoms with Crippen molar-refractivity contribution in [1.29, 1.82) is 0 Å². The minimum absolute atomic E-state index is 0.000281. The van der Waals surface area contributed by atoms with Crippen molar-refractivity contribution >= 4 is 35.6 Å². The Hall–Kier alpha value is -3.83. The van der Waals surface area contributed by atoms with Gasteiger partial charge in [-0.05, 0) is 18.2 Å². The van der Waals surface area contributed by atoms with Crippen LogP contribution in [0.15, 0.2) is 57.9 Å². The molecule has 34 heavy (non-hydrogen) atoms. The molecule has 0 spiro atoms. The number of oxazole rings is 1. The third kappa shape index (κ3) is 5.21. The monoisotopic (exact) mass is 485 g/mol. The molecular weight excluding hydrogens is 465 g/mol. The van der Waals surface area contributed by atoms with Crippen molar-refractivity contribution in [2.24, 2.45) is 10.7 Å². The normalized spacial score (nSPS) is 16.7. The van der Waals surface area contributed by atoms with Gasteiger partial charge in [-0.15, -0.1) is 0 Å². The standard InChI is InChI=1S/C22H21ClFN7O3/c1-26-11-13(10-25)18-12-31(5-7-33-18)19-9-17(21(32)30-22-27-4-6-34-22)28-20(29-19)15-3-2-14(23)8-16(15)24/h2-4,6,8-11,18H,5,7,12,25H2,1H3,(H,27,30,32)/b13-10+,26-11?. The molecule has 0 bridgehead atoms. The minimum Gasteiger partial charge on any atom is -0.432 e.